The SMILES string of the molecule is CCC(F)(F)C1=NC(C)C(c2ccc(NC(=O)C3(c4ccc(C(F)(F)F)cc4F)CC3)cc2C(=O)O)C=C1. The van der Waals surface area contributed by atoms with Crippen LogP contribution in [0, 0.1) is 5.82 Å². The predicted octanol–water partition coefficient (Wildman–Crippen LogP) is 6.74. The number of nitrogens with one attached hydrogen (secondary N) is 1. The fraction of sp³-hybridized carbons (Fsp3) is 0.370. The highest BCUT2D eigenvalue weighted by molar-refractivity contribution is 6.03. The van der Waals surface area contributed by atoms with Crippen LogP contribution in [0.15, 0.2) is 53.5 Å². The molecule has 1 saturated carbocycles. The Balaban J connectivity index is 1.58. The third-order valence-corrected chi connectivity index (χ3v) is 7.04. The number of amides is 1. The van der Waals surface area contributed by atoms with Crippen LogP contribution in [0.2, 0.25) is 0 Å². The van der Waals surface area contributed by atoms with Crippen molar-refractivity contribution in [2.24, 2.45) is 4.99 Å². The van der Waals surface area contributed by atoms with E-state index in [-0.39, 0.29) is 35.4 Å². The molecule has 1 aliphatic carbocycles. The molecule has 0 radical (unpaired) electrons. The summed E-state index contributed by atoms with van der Waals surface area (Å²) in [5, 5.41) is 12.4. The molecule has 2 N–H and O–H groups in total. The number of dihydropyridines is 1. The van der Waals surface area contributed by atoms with Crippen LogP contribution in [0.3, 0.4) is 0 Å². The molecular weight excluding hydrogens is 514 g/mol. The highest BCUT2D eigenvalue weighted by atomic mass is 19.4. The first-order valence-corrected chi connectivity index (χ1v) is 11.9. The van der Waals surface area contributed by atoms with E-state index < -0.39 is 59.2 Å². The highest BCUT2D eigenvalue weighted by Gasteiger charge is 2.53. The Morgan fingerprint density at radius 1 is 1.11 bits per heavy atom. The van der Waals surface area contributed by atoms with Crippen molar-refractivity contribution in [2.75, 3.05) is 5.32 Å². The number of allylic oxidation sites excluding steroid dienone is 1. The van der Waals surface area contributed by atoms with E-state index in [4.69, 9.17) is 0 Å². The summed E-state index contributed by atoms with van der Waals surface area (Å²) in [5.41, 5.74) is -2.88. The second kappa shape index (κ2) is 9.59. The van der Waals surface area contributed by atoms with Gasteiger partial charge in [0.25, 0.3) is 5.92 Å². The Morgan fingerprint density at radius 3 is 2.32 bits per heavy atom. The fourth-order valence-electron chi connectivity index (χ4n) is 4.64. The van der Waals surface area contributed by atoms with Gasteiger partial charge in [0.05, 0.1) is 22.6 Å². The second-order valence-electron chi connectivity index (χ2n) is 9.53. The number of anilines is 1. The van der Waals surface area contributed by atoms with E-state index in [1.54, 1.807) is 6.92 Å². The van der Waals surface area contributed by atoms with Crippen LogP contribution in [0.1, 0.15) is 66.1 Å². The van der Waals surface area contributed by atoms with Crippen LogP contribution in [0.25, 0.3) is 0 Å². The highest BCUT2D eigenvalue weighted by Crippen LogP contribution is 2.50. The molecule has 2 aliphatic rings. The molecule has 0 bridgehead atoms. The Labute approximate surface area is 214 Å². The number of hydrogen-bond donors (Lipinski definition) is 2. The Bertz CT molecular complexity index is 1340. The quantitative estimate of drug-likeness (QED) is 0.383. The van der Waals surface area contributed by atoms with Crippen LogP contribution in [-0.4, -0.2) is 34.7 Å². The molecule has 202 valence electrons. The van der Waals surface area contributed by atoms with Crippen molar-refractivity contribution in [1.29, 1.82) is 0 Å². The number of aliphatic imine (C=N–C) groups is 1. The number of aromatic carboxylic acids is 1. The average molecular weight is 538 g/mol. The molecule has 2 unspecified atom stereocenters. The van der Waals surface area contributed by atoms with Gasteiger partial charge in [0.2, 0.25) is 5.91 Å². The first-order chi connectivity index (χ1) is 17.7. The largest absolute Gasteiger partial charge is 0.478 e. The van der Waals surface area contributed by atoms with Crippen molar-refractivity contribution in [2.45, 2.75) is 62.6 Å². The van der Waals surface area contributed by atoms with Gasteiger partial charge in [0.15, 0.2) is 0 Å². The van der Waals surface area contributed by atoms with Crippen molar-refractivity contribution in [1.82, 2.24) is 0 Å². The first-order valence-electron chi connectivity index (χ1n) is 11.9. The number of alkyl halides is 5. The van der Waals surface area contributed by atoms with Crippen LogP contribution in [0.5, 0.6) is 0 Å². The van der Waals surface area contributed by atoms with E-state index in [0.717, 1.165) is 6.07 Å². The minimum Gasteiger partial charge on any atom is -0.478 e. The van der Waals surface area contributed by atoms with Gasteiger partial charge in [-0.05, 0) is 55.7 Å². The number of hydrogen-bond acceptors (Lipinski definition) is 3. The minimum absolute atomic E-state index is 0.0869. The number of carboxylic acid groups (broad SMARTS) is 1. The number of rotatable bonds is 7. The van der Waals surface area contributed by atoms with Crippen LogP contribution in [0.4, 0.5) is 32.0 Å². The Morgan fingerprint density at radius 2 is 1.79 bits per heavy atom. The van der Waals surface area contributed by atoms with Gasteiger partial charge in [-0.2, -0.15) is 22.0 Å². The first kappa shape index (κ1) is 27.4. The average Bonchev–Trinajstić information content (AvgIpc) is 3.65. The smallest absolute Gasteiger partial charge is 0.416 e. The van der Waals surface area contributed by atoms with Crippen molar-refractivity contribution in [3.8, 4) is 0 Å². The molecule has 1 aliphatic heterocycles. The van der Waals surface area contributed by atoms with Gasteiger partial charge in [-0.1, -0.05) is 25.1 Å². The number of carbonyl (C=O) groups is 2. The van der Waals surface area contributed by atoms with E-state index in [2.05, 4.69) is 10.3 Å². The summed E-state index contributed by atoms with van der Waals surface area (Å²) < 4.78 is 81.4. The van der Waals surface area contributed by atoms with Crippen LogP contribution < -0.4 is 5.32 Å². The standard InChI is InChI=1S/C27H24F6N2O3/c1-3-26(29,30)22-9-7-17(14(2)34-22)18-6-5-16(13-19(18)23(36)37)35-24(38)25(10-11-25)20-8-4-15(12-21(20)28)27(31,32)33/h4-9,12-14,17H,3,10-11H2,1-2H3,(H,35,38)(H,36,37). The van der Waals surface area contributed by atoms with Crippen molar-refractivity contribution in [3.63, 3.8) is 0 Å². The third kappa shape index (κ3) is 5.06. The minimum atomic E-state index is -4.73. The predicted molar refractivity (Wildman–Crippen MR) is 128 cm³/mol. The summed E-state index contributed by atoms with van der Waals surface area (Å²) in [6, 6.07) is 5.42. The molecule has 2 aromatic rings. The molecule has 11 heteroatoms. The summed E-state index contributed by atoms with van der Waals surface area (Å²) >= 11 is 0. The summed E-state index contributed by atoms with van der Waals surface area (Å²) in [5.74, 6) is -6.87. The molecular formula is C27H24F6N2O3. The van der Waals surface area contributed by atoms with Gasteiger partial charge in [-0.25, -0.2) is 9.18 Å². The van der Waals surface area contributed by atoms with Crippen molar-refractivity contribution in [3.05, 3.63) is 76.6 Å². The number of nitrogens with zero attached hydrogens (tertiary/aromatic N) is 1. The monoisotopic (exact) mass is 538 g/mol. The van der Waals surface area contributed by atoms with E-state index in [0.29, 0.717) is 17.7 Å². The third-order valence-electron chi connectivity index (χ3n) is 7.04. The van der Waals surface area contributed by atoms with Gasteiger partial charge in [0.1, 0.15) is 11.5 Å². The summed E-state index contributed by atoms with van der Waals surface area (Å²) in [4.78, 5) is 29.2. The molecule has 0 spiro atoms. The lowest BCUT2D eigenvalue weighted by Crippen LogP contribution is -2.31. The molecule has 2 aromatic carbocycles. The summed E-state index contributed by atoms with van der Waals surface area (Å²) in [7, 11) is 0. The van der Waals surface area contributed by atoms with Crippen molar-refractivity contribution < 1.29 is 41.0 Å². The van der Waals surface area contributed by atoms with Crippen molar-refractivity contribution >= 4 is 23.3 Å². The topological polar surface area (TPSA) is 78.8 Å². The molecule has 1 amide bonds. The van der Waals surface area contributed by atoms with Gasteiger partial charge in [-0.15, -0.1) is 0 Å². The normalized spacial score (nSPS) is 20.6. The van der Waals surface area contributed by atoms with Gasteiger partial charge in [-0.3, -0.25) is 9.79 Å². The maximum Gasteiger partial charge on any atom is 0.416 e. The number of carboxylic acids is 1. The Kier molecular flexibility index (Phi) is 6.92. The zero-order valence-corrected chi connectivity index (χ0v) is 20.4. The van der Waals surface area contributed by atoms with Gasteiger partial charge in [0, 0.05) is 23.6 Å². The molecule has 4 rings (SSSR count). The number of benzene rings is 2. The zero-order valence-electron chi connectivity index (χ0n) is 20.4. The lowest BCUT2D eigenvalue weighted by atomic mass is 9.86. The molecule has 2 atom stereocenters. The Hall–Kier alpha value is -3.63. The van der Waals surface area contributed by atoms with Crippen LogP contribution in [-0.2, 0) is 16.4 Å². The summed E-state index contributed by atoms with van der Waals surface area (Å²) in [6.45, 7) is 2.93. The molecule has 1 fully saturated rings. The van der Waals surface area contributed by atoms with E-state index >= 15 is 0 Å². The molecule has 0 aromatic heterocycles. The van der Waals surface area contributed by atoms with Crippen LogP contribution >= 0.6 is 0 Å². The van der Waals surface area contributed by atoms with E-state index in [1.807, 2.05) is 0 Å². The fourth-order valence-corrected chi connectivity index (χ4v) is 4.64. The maximum atomic E-state index is 14.6. The molecule has 0 saturated heterocycles. The lowest BCUT2D eigenvalue weighted by molar-refractivity contribution is -0.137. The molecule has 38 heavy (non-hydrogen) atoms. The lowest BCUT2D eigenvalue weighted by Gasteiger charge is -2.27. The maximum absolute atomic E-state index is 14.6. The second-order valence-corrected chi connectivity index (χ2v) is 9.53. The van der Waals surface area contributed by atoms with Gasteiger partial charge < -0.3 is 10.4 Å². The van der Waals surface area contributed by atoms with E-state index in [9.17, 15) is 41.0 Å². The van der Waals surface area contributed by atoms with Gasteiger partial charge >= 0.3 is 12.1 Å². The van der Waals surface area contributed by atoms with E-state index in [1.165, 1.54) is 37.3 Å². The summed E-state index contributed by atoms with van der Waals surface area (Å²) in [6.07, 6.45) is -2.09. The molecule has 1 heterocycles. The molecule has 5 nitrogen and oxygen atoms in total. The number of carbonyl (C=O) groups excluding carboxylic acids is 1. The zero-order chi connectivity index (χ0) is 28.0. The number of halogens is 6.